The van der Waals surface area contributed by atoms with E-state index < -0.39 is 0 Å². The van der Waals surface area contributed by atoms with Crippen molar-refractivity contribution in [3.63, 3.8) is 0 Å². The van der Waals surface area contributed by atoms with Gasteiger partial charge in [0.25, 0.3) is 0 Å². The fourth-order valence-corrected chi connectivity index (χ4v) is 5.63. The molecule has 0 saturated heterocycles. The van der Waals surface area contributed by atoms with Crippen LogP contribution in [0, 0.1) is 0 Å². The zero-order valence-electron chi connectivity index (χ0n) is 21.6. The fraction of sp³-hybridized carbons (Fsp3) is 0.114. The van der Waals surface area contributed by atoms with Crippen molar-refractivity contribution >= 4 is 39.2 Å². The molecule has 190 valence electrons. The molecule has 0 aliphatic heterocycles. The summed E-state index contributed by atoms with van der Waals surface area (Å²) in [5.74, 6) is 0.0766. The van der Waals surface area contributed by atoms with Crippen molar-refractivity contribution in [1.29, 1.82) is 0 Å². The summed E-state index contributed by atoms with van der Waals surface area (Å²) in [4.78, 5) is 23.4. The molecule has 0 aliphatic rings. The highest BCUT2D eigenvalue weighted by Gasteiger charge is 2.24. The van der Waals surface area contributed by atoms with Gasteiger partial charge in [-0.3, -0.25) is 14.8 Å². The van der Waals surface area contributed by atoms with Gasteiger partial charge in [-0.2, -0.15) is 0 Å². The van der Waals surface area contributed by atoms with Crippen LogP contribution in [0.15, 0.2) is 115 Å². The molecule has 6 aromatic rings. The number of halogens is 1. The second kappa shape index (κ2) is 10.8. The third kappa shape index (κ3) is 5.19. The maximum atomic E-state index is 13.3. The Kier molecular flexibility index (Phi) is 6.91. The summed E-state index contributed by atoms with van der Waals surface area (Å²) in [6.07, 6.45) is 1.33. The highest BCUT2D eigenvalue weighted by molar-refractivity contribution is 6.31. The lowest BCUT2D eigenvalue weighted by molar-refractivity contribution is 0.101. The lowest BCUT2D eigenvalue weighted by atomic mass is 9.85. The molecule has 0 aliphatic carbocycles. The summed E-state index contributed by atoms with van der Waals surface area (Å²) in [7, 11) is 0. The Morgan fingerprint density at radius 1 is 0.744 bits per heavy atom. The monoisotopic (exact) mass is 526 g/mol. The molecular formula is C35H27ClN2O. The number of benzene rings is 4. The largest absolute Gasteiger partial charge is 0.294 e. The maximum absolute atomic E-state index is 13.3. The normalized spacial score (nSPS) is 12.1. The van der Waals surface area contributed by atoms with Crippen LogP contribution in [0.4, 0.5) is 0 Å². The van der Waals surface area contributed by atoms with E-state index in [1.54, 1.807) is 6.92 Å². The number of Topliss-reactive ketones (excluding diaryl/α,β-unsaturated/α-hetero) is 1. The van der Waals surface area contributed by atoms with Crippen LogP contribution in [0.25, 0.3) is 32.9 Å². The first-order valence-corrected chi connectivity index (χ1v) is 13.5. The minimum atomic E-state index is -0.00568. The summed E-state index contributed by atoms with van der Waals surface area (Å²) in [5.41, 5.74) is 7.35. The van der Waals surface area contributed by atoms with Gasteiger partial charge in [-0.1, -0.05) is 96.5 Å². The zero-order chi connectivity index (χ0) is 26.8. The van der Waals surface area contributed by atoms with E-state index >= 15 is 0 Å². The van der Waals surface area contributed by atoms with Gasteiger partial charge in [-0.15, -0.1) is 0 Å². The highest BCUT2D eigenvalue weighted by atomic mass is 35.5. The van der Waals surface area contributed by atoms with Crippen LogP contribution in [0.2, 0.25) is 5.02 Å². The van der Waals surface area contributed by atoms with E-state index in [1.165, 1.54) is 5.56 Å². The Bertz CT molecular complexity index is 1800. The quantitative estimate of drug-likeness (QED) is 0.195. The molecule has 4 heteroatoms. The molecule has 0 fully saturated rings. The maximum Gasteiger partial charge on any atom is 0.162 e. The van der Waals surface area contributed by atoms with Gasteiger partial charge in [0.1, 0.15) is 0 Å². The molecular weight excluding hydrogens is 500 g/mol. The Labute approximate surface area is 233 Å². The Balaban J connectivity index is 1.51. The highest BCUT2D eigenvalue weighted by Crippen LogP contribution is 2.37. The smallest absolute Gasteiger partial charge is 0.162 e. The average Bonchev–Trinajstić information content (AvgIpc) is 2.97. The summed E-state index contributed by atoms with van der Waals surface area (Å²) in [6.45, 7) is 1.63. The first-order chi connectivity index (χ1) is 19.1. The van der Waals surface area contributed by atoms with Gasteiger partial charge in [0.05, 0.1) is 16.7 Å². The van der Waals surface area contributed by atoms with E-state index in [4.69, 9.17) is 21.6 Å². The van der Waals surface area contributed by atoms with E-state index in [-0.39, 0.29) is 11.7 Å². The van der Waals surface area contributed by atoms with E-state index in [0.29, 0.717) is 17.0 Å². The minimum absolute atomic E-state index is 0.00568. The van der Waals surface area contributed by atoms with E-state index in [9.17, 15) is 4.79 Å². The van der Waals surface area contributed by atoms with Crippen molar-refractivity contribution in [2.45, 2.75) is 25.7 Å². The molecule has 0 saturated carbocycles. The summed E-state index contributed by atoms with van der Waals surface area (Å²) < 4.78 is 0. The van der Waals surface area contributed by atoms with Crippen LogP contribution in [0.3, 0.4) is 0 Å². The predicted molar refractivity (Wildman–Crippen MR) is 161 cm³/mol. The Morgan fingerprint density at radius 2 is 1.46 bits per heavy atom. The number of pyridine rings is 2. The zero-order valence-corrected chi connectivity index (χ0v) is 22.4. The minimum Gasteiger partial charge on any atom is -0.294 e. The molecule has 4 aromatic carbocycles. The summed E-state index contributed by atoms with van der Waals surface area (Å²) in [6, 6.07) is 38.6. The predicted octanol–water partition coefficient (Wildman–Crippen LogP) is 8.88. The molecule has 2 heterocycles. The molecule has 0 spiro atoms. The number of para-hydroxylation sites is 1. The van der Waals surface area contributed by atoms with Crippen molar-refractivity contribution in [1.82, 2.24) is 9.97 Å². The van der Waals surface area contributed by atoms with E-state index in [2.05, 4.69) is 42.5 Å². The Hall–Kier alpha value is -4.34. The van der Waals surface area contributed by atoms with Crippen LogP contribution in [-0.4, -0.2) is 15.8 Å². The van der Waals surface area contributed by atoms with Gasteiger partial charge in [-0.05, 0) is 67.1 Å². The third-order valence-electron chi connectivity index (χ3n) is 7.26. The third-order valence-corrected chi connectivity index (χ3v) is 7.49. The number of aromatic nitrogens is 2. The average molecular weight is 527 g/mol. The number of hydrogen-bond donors (Lipinski definition) is 0. The molecule has 2 aromatic heterocycles. The number of nitrogens with zero attached hydrogens (tertiary/aromatic N) is 2. The van der Waals surface area contributed by atoms with E-state index in [1.807, 2.05) is 72.8 Å². The number of hydrogen-bond acceptors (Lipinski definition) is 3. The first kappa shape index (κ1) is 25.0. The molecule has 1 atom stereocenters. The lowest BCUT2D eigenvalue weighted by Crippen LogP contribution is -2.14. The van der Waals surface area contributed by atoms with Gasteiger partial charge < -0.3 is 0 Å². The molecule has 0 N–H and O–H groups in total. The standard InChI is InChI=1S/C35H27ClN2O/c1-23(39)34-33(38-32-19-17-28(36)22-30(32)35(34)26-13-6-3-7-14-26)21-27(24-10-4-2-5-11-24)20-29-18-16-25-12-8-9-15-31(25)37-29/h2-19,22,27H,20-21H2,1H3. The van der Waals surface area contributed by atoms with Gasteiger partial charge in [0.15, 0.2) is 5.78 Å². The van der Waals surface area contributed by atoms with Crippen LogP contribution in [0.5, 0.6) is 0 Å². The number of fused-ring (bicyclic) bond motifs is 2. The second-order valence-corrected chi connectivity index (χ2v) is 10.3. The number of carbonyl (C=O) groups is 1. The number of carbonyl (C=O) groups excluding carboxylic acids is 1. The lowest BCUT2D eigenvalue weighted by Gasteiger charge is -2.21. The van der Waals surface area contributed by atoms with Crippen molar-refractivity contribution < 1.29 is 4.79 Å². The van der Waals surface area contributed by atoms with Gasteiger partial charge in [0, 0.05) is 32.6 Å². The SMILES string of the molecule is CC(=O)c1c(CC(Cc2ccc3ccccc3n2)c2ccccc2)nc2ccc(Cl)cc2c1-c1ccccc1. The van der Waals surface area contributed by atoms with Crippen LogP contribution in [-0.2, 0) is 12.8 Å². The number of ketones is 1. The van der Waals surface area contributed by atoms with Crippen molar-refractivity contribution in [3.05, 3.63) is 143 Å². The molecule has 0 amide bonds. The van der Waals surface area contributed by atoms with Crippen LogP contribution >= 0.6 is 11.6 Å². The van der Waals surface area contributed by atoms with Gasteiger partial charge in [0.2, 0.25) is 0 Å². The molecule has 6 rings (SSSR count). The fourth-order valence-electron chi connectivity index (χ4n) is 5.46. The first-order valence-electron chi connectivity index (χ1n) is 13.1. The molecule has 0 radical (unpaired) electrons. The summed E-state index contributed by atoms with van der Waals surface area (Å²) in [5, 5.41) is 2.63. The van der Waals surface area contributed by atoms with Crippen molar-refractivity contribution in [2.24, 2.45) is 0 Å². The van der Waals surface area contributed by atoms with Crippen molar-refractivity contribution in [3.8, 4) is 11.1 Å². The molecule has 39 heavy (non-hydrogen) atoms. The number of rotatable bonds is 7. The van der Waals surface area contributed by atoms with Gasteiger partial charge >= 0.3 is 0 Å². The second-order valence-electron chi connectivity index (χ2n) is 9.90. The molecule has 3 nitrogen and oxygen atoms in total. The molecule has 0 bridgehead atoms. The summed E-state index contributed by atoms with van der Waals surface area (Å²) >= 11 is 6.43. The Morgan fingerprint density at radius 3 is 2.23 bits per heavy atom. The van der Waals surface area contributed by atoms with Crippen LogP contribution < -0.4 is 0 Å². The van der Waals surface area contributed by atoms with Gasteiger partial charge in [-0.25, -0.2) is 0 Å². The van der Waals surface area contributed by atoms with Crippen molar-refractivity contribution in [2.75, 3.05) is 0 Å². The molecule has 1 unspecified atom stereocenters. The van der Waals surface area contributed by atoms with Crippen LogP contribution in [0.1, 0.15) is 40.2 Å². The topological polar surface area (TPSA) is 42.9 Å². The van der Waals surface area contributed by atoms with E-state index in [0.717, 1.165) is 50.7 Å².